The van der Waals surface area contributed by atoms with Gasteiger partial charge in [0.15, 0.2) is 0 Å². The fourth-order valence-electron chi connectivity index (χ4n) is 3.42. The minimum atomic E-state index is -3.77. The van der Waals surface area contributed by atoms with Crippen LogP contribution in [0.25, 0.3) is 0 Å². The minimum Gasteiger partial charge on any atom is -0.309 e. The number of nitrogens with zero attached hydrogens (tertiary/aromatic N) is 4. The number of nitrogens with one attached hydrogen (secondary N) is 1. The van der Waals surface area contributed by atoms with Crippen LogP contribution in [0.4, 0.5) is 16.2 Å². The van der Waals surface area contributed by atoms with Gasteiger partial charge in [0.05, 0.1) is 16.6 Å². The van der Waals surface area contributed by atoms with E-state index in [-0.39, 0.29) is 10.9 Å². The van der Waals surface area contributed by atoms with Gasteiger partial charge in [-0.15, -0.1) is 0 Å². The lowest BCUT2D eigenvalue weighted by Gasteiger charge is -2.24. The van der Waals surface area contributed by atoms with Gasteiger partial charge in [0, 0.05) is 18.9 Å². The van der Waals surface area contributed by atoms with Gasteiger partial charge in [-0.3, -0.25) is 0 Å². The second kappa shape index (κ2) is 7.84. The van der Waals surface area contributed by atoms with Gasteiger partial charge in [-0.1, -0.05) is 6.07 Å². The number of halogens is 1. The molecule has 150 valence electrons. The summed E-state index contributed by atoms with van der Waals surface area (Å²) in [6, 6.07) is 10.6. The van der Waals surface area contributed by atoms with E-state index in [4.69, 9.17) is 0 Å². The fourth-order valence-corrected chi connectivity index (χ4v) is 5.18. The first kappa shape index (κ1) is 19.4. The molecular formula is C20H20FN5O2S. The van der Waals surface area contributed by atoms with E-state index >= 15 is 0 Å². The molecule has 4 rings (SSSR count). The third-order valence-corrected chi connectivity index (χ3v) is 6.76. The number of anilines is 2. The number of hydrogen-bond donors (Lipinski definition) is 1. The number of pyridine rings is 1. The zero-order valence-electron chi connectivity index (χ0n) is 15.8. The predicted molar refractivity (Wildman–Crippen MR) is 107 cm³/mol. The summed E-state index contributed by atoms with van der Waals surface area (Å²) in [6.07, 6.45) is 4.63. The molecule has 7 nitrogen and oxygen atoms in total. The van der Waals surface area contributed by atoms with Gasteiger partial charge < -0.3 is 5.32 Å². The van der Waals surface area contributed by atoms with Gasteiger partial charge >= 0.3 is 0 Å². The maximum atomic E-state index is 13.6. The van der Waals surface area contributed by atoms with Gasteiger partial charge in [-0.05, 0) is 61.7 Å². The zero-order chi connectivity index (χ0) is 20.4. The van der Waals surface area contributed by atoms with E-state index in [1.54, 1.807) is 31.5 Å². The lowest BCUT2D eigenvalue weighted by atomic mass is 10.1. The van der Waals surface area contributed by atoms with E-state index < -0.39 is 15.8 Å². The molecule has 0 saturated carbocycles. The Labute approximate surface area is 168 Å². The molecule has 1 aromatic carbocycles. The molecule has 9 heteroatoms. The summed E-state index contributed by atoms with van der Waals surface area (Å²) in [5.41, 5.74) is 0.944. The van der Waals surface area contributed by atoms with E-state index in [0.717, 1.165) is 6.42 Å². The maximum absolute atomic E-state index is 13.6. The number of hydrogen-bond acceptors (Lipinski definition) is 6. The second-order valence-electron chi connectivity index (χ2n) is 6.83. The molecule has 1 atom stereocenters. The van der Waals surface area contributed by atoms with Crippen molar-refractivity contribution in [1.82, 2.24) is 19.3 Å². The topological polar surface area (TPSA) is 88.1 Å². The van der Waals surface area contributed by atoms with Gasteiger partial charge in [0.1, 0.15) is 11.6 Å². The van der Waals surface area contributed by atoms with Crippen LogP contribution in [0.2, 0.25) is 0 Å². The maximum Gasteiger partial charge on any atom is 0.243 e. The second-order valence-corrected chi connectivity index (χ2v) is 8.72. The molecule has 0 amide bonds. The Kier molecular flexibility index (Phi) is 5.25. The highest BCUT2D eigenvalue weighted by Crippen LogP contribution is 2.36. The summed E-state index contributed by atoms with van der Waals surface area (Å²) in [7, 11) is -3.77. The third-order valence-electron chi connectivity index (χ3n) is 4.86. The highest BCUT2D eigenvalue weighted by Gasteiger charge is 2.37. The van der Waals surface area contributed by atoms with Crippen LogP contribution in [0.3, 0.4) is 0 Å². The monoisotopic (exact) mass is 413 g/mol. The van der Waals surface area contributed by atoms with Gasteiger partial charge in [-0.25, -0.2) is 27.8 Å². The molecule has 0 unspecified atom stereocenters. The summed E-state index contributed by atoms with van der Waals surface area (Å²) in [4.78, 5) is 12.9. The summed E-state index contributed by atoms with van der Waals surface area (Å²) in [6.45, 7) is 1.95. The first-order valence-electron chi connectivity index (χ1n) is 9.24. The van der Waals surface area contributed by atoms with Gasteiger partial charge in [-0.2, -0.15) is 4.31 Å². The fraction of sp³-hybridized carbons (Fsp3) is 0.250. The van der Waals surface area contributed by atoms with Crippen molar-refractivity contribution >= 4 is 21.8 Å². The van der Waals surface area contributed by atoms with E-state index in [1.165, 1.54) is 22.5 Å². The molecule has 3 heterocycles. The average Bonchev–Trinajstić information content (AvgIpc) is 3.22. The molecule has 0 aliphatic carbocycles. The van der Waals surface area contributed by atoms with Crippen LogP contribution in [0.1, 0.15) is 30.1 Å². The molecular weight excluding hydrogens is 393 g/mol. The van der Waals surface area contributed by atoms with Crippen molar-refractivity contribution in [2.75, 3.05) is 11.9 Å². The van der Waals surface area contributed by atoms with Gasteiger partial charge in [0.2, 0.25) is 16.0 Å². The molecule has 0 radical (unpaired) electrons. The molecule has 3 aromatic rings. The summed E-state index contributed by atoms with van der Waals surface area (Å²) in [5.74, 6) is 0.524. The molecule has 1 fully saturated rings. The quantitative estimate of drug-likeness (QED) is 0.688. The normalized spacial score (nSPS) is 17.4. The Morgan fingerprint density at radius 3 is 2.69 bits per heavy atom. The highest BCUT2D eigenvalue weighted by atomic mass is 32.2. The van der Waals surface area contributed by atoms with Crippen molar-refractivity contribution in [3.63, 3.8) is 0 Å². The van der Waals surface area contributed by atoms with Crippen molar-refractivity contribution in [3.05, 3.63) is 71.9 Å². The number of rotatable bonds is 5. The van der Waals surface area contributed by atoms with Crippen LogP contribution in [-0.4, -0.2) is 34.2 Å². The van der Waals surface area contributed by atoms with E-state index in [2.05, 4.69) is 20.3 Å². The lowest BCUT2D eigenvalue weighted by molar-refractivity contribution is 0.390. The summed E-state index contributed by atoms with van der Waals surface area (Å²) >= 11 is 0. The Morgan fingerprint density at radius 1 is 1.14 bits per heavy atom. The largest absolute Gasteiger partial charge is 0.309 e. The van der Waals surface area contributed by atoms with Crippen LogP contribution >= 0.6 is 0 Å². The number of sulfonamides is 1. The van der Waals surface area contributed by atoms with Crippen LogP contribution in [0.5, 0.6) is 0 Å². The third kappa shape index (κ3) is 3.96. The van der Waals surface area contributed by atoms with Crippen molar-refractivity contribution < 1.29 is 12.8 Å². The Morgan fingerprint density at radius 2 is 1.93 bits per heavy atom. The first-order valence-corrected chi connectivity index (χ1v) is 10.7. The molecule has 1 aliphatic heterocycles. The molecule has 29 heavy (non-hydrogen) atoms. The number of benzene rings is 1. The number of aromatic nitrogens is 3. The van der Waals surface area contributed by atoms with Crippen LogP contribution in [-0.2, 0) is 10.0 Å². The molecule has 1 saturated heterocycles. The smallest absolute Gasteiger partial charge is 0.243 e. The SMILES string of the molecule is Cc1cc(S(=O)(=O)N2CCC[C@H]2c2cccc(Nc3ncccn3)n2)ccc1F. The highest BCUT2D eigenvalue weighted by molar-refractivity contribution is 7.89. The summed E-state index contributed by atoms with van der Waals surface area (Å²) in [5, 5.41) is 3.02. The van der Waals surface area contributed by atoms with Crippen molar-refractivity contribution in [1.29, 1.82) is 0 Å². The molecule has 1 N–H and O–H groups in total. The molecule has 1 aliphatic rings. The van der Waals surface area contributed by atoms with E-state index in [1.807, 2.05) is 12.1 Å². The van der Waals surface area contributed by atoms with E-state index in [0.29, 0.717) is 36.0 Å². The van der Waals surface area contributed by atoms with Crippen LogP contribution in [0.15, 0.2) is 59.8 Å². The standard InChI is InChI=1S/C20H20FN5O2S/c1-14-13-15(8-9-16(14)21)29(27,28)26-12-3-6-18(26)17-5-2-7-19(24-17)25-20-22-10-4-11-23-20/h2,4-5,7-11,13,18H,3,6,12H2,1H3,(H,22,23,24,25)/t18-/m0/s1. The molecule has 0 spiro atoms. The van der Waals surface area contributed by atoms with E-state index in [9.17, 15) is 12.8 Å². The van der Waals surface area contributed by atoms with Crippen LogP contribution in [0, 0.1) is 12.7 Å². The van der Waals surface area contributed by atoms with Crippen molar-refractivity contribution in [2.45, 2.75) is 30.7 Å². The molecule has 2 aromatic heterocycles. The Balaban J connectivity index is 1.63. The number of aryl methyl sites for hydroxylation is 1. The van der Waals surface area contributed by atoms with Crippen molar-refractivity contribution in [3.8, 4) is 0 Å². The average molecular weight is 413 g/mol. The van der Waals surface area contributed by atoms with Gasteiger partial charge in [0.25, 0.3) is 0 Å². The summed E-state index contributed by atoms with van der Waals surface area (Å²) < 4.78 is 41.4. The predicted octanol–water partition coefficient (Wildman–Crippen LogP) is 3.59. The minimum absolute atomic E-state index is 0.0928. The van der Waals surface area contributed by atoms with Crippen molar-refractivity contribution in [2.24, 2.45) is 0 Å². The van der Waals surface area contributed by atoms with Crippen LogP contribution < -0.4 is 5.32 Å². The molecule has 0 bridgehead atoms. The Hall–Kier alpha value is -2.91. The Bertz CT molecular complexity index is 1120. The zero-order valence-corrected chi connectivity index (χ0v) is 16.6. The lowest BCUT2D eigenvalue weighted by Crippen LogP contribution is -2.31. The first-order chi connectivity index (χ1) is 13.9.